The number of alkyl halides is 2. The Kier molecular flexibility index (Phi) is 5.87. The van der Waals surface area contributed by atoms with Crippen molar-refractivity contribution in [2.75, 3.05) is 7.05 Å². The number of aliphatic imine (C=N–C) groups is 1. The number of ether oxygens (including phenoxy) is 1. The Morgan fingerprint density at radius 1 is 1.50 bits per heavy atom. The fraction of sp³-hybridized carbons (Fsp3) is 0.438. The molecule has 2 aromatic rings. The van der Waals surface area contributed by atoms with Gasteiger partial charge in [-0.25, -0.2) is 9.67 Å². The number of aromatic nitrogens is 3. The third-order valence-corrected chi connectivity index (χ3v) is 4.29. The first-order valence-corrected chi connectivity index (χ1v) is 8.50. The van der Waals surface area contributed by atoms with Crippen molar-refractivity contribution in [2.45, 2.75) is 38.6 Å². The van der Waals surface area contributed by atoms with Gasteiger partial charge in [-0.15, -0.1) is 0 Å². The molecule has 3 rings (SSSR count). The molecule has 2 heterocycles. The molecule has 2 N–H and O–H groups in total. The van der Waals surface area contributed by atoms with Gasteiger partial charge >= 0.3 is 6.61 Å². The normalized spacial score (nSPS) is 17.1. The van der Waals surface area contributed by atoms with Crippen LogP contribution >= 0.6 is 11.6 Å². The average Bonchev–Trinajstić information content (AvgIpc) is 3.08. The van der Waals surface area contributed by atoms with Gasteiger partial charge in [-0.05, 0) is 24.6 Å². The minimum Gasteiger partial charge on any atom is -0.434 e. The Balaban J connectivity index is 1.60. The average molecular weight is 385 g/mol. The van der Waals surface area contributed by atoms with Crippen molar-refractivity contribution in [2.24, 2.45) is 4.99 Å². The number of hydrogen-bond acceptors (Lipinski definition) is 4. The molecule has 0 aliphatic carbocycles. The quantitative estimate of drug-likeness (QED) is 0.610. The maximum absolute atomic E-state index is 12.5. The predicted molar refractivity (Wildman–Crippen MR) is 93.5 cm³/mol. The molecule has 0 amide bonds. The molecule has 0 radical (unpaired) electrons. The SMILES string of the molecule is CN=C(NCc1cc(Cl)ccc1OC(F)F)NC1CCc2ncnn2C1. The van der Waals surface area contributed by atoms with Gasteiger partial charge in [0.05, 0.1) is 6.54 Å². The van der Waals surface area contributed by atoms with Crippen LogP contribution in [-0.2, 0) is 19.5 Å². The minimum atomic E-state index is -2.90. The third kappa shape index (κ3) is 4.60. The first kappa shape index (κ1) is 18.4. The standard InChI is InChI=1S/C16H19ClF2N6O/c1-20-16(24-12-3-5-14-22-9-23-25(14)8-12)21-7-10-6-11(17)2-4-13(10)26-15(18)19/h2,4,6,9,12,15H,3,5,7-8H2,1H3,(H2,20,21,24). The highest BCUT2D eigenvalue weighted by atomic mass is 35.5. The molecule has 140 valence electrons. The molecule has 1 aliphatic rings. The van der Waals surface area contributed by atoms with Gasteiger partial charge < -0.3 is 15.4 Å². The fourth-order valence-electron chi connectivity index (χ4n) is 2.82. The number of rotatable bonds is 5. The molecular weight excluding hydrogens is 366 g/mol. The molecule has 1 aromatic carbocycles. The summed E-state index contributed by atoms with van der Waals surface area (Å²) in [6.07, 6.45) is 3.28. The summed E-state index contributed by atoms with van der Waals surface area (Å²) in [5.41, 5.74) is 0.517. The molecule has 1 aromatic heterocycles. The van der Waals surface area contributed by atoms with E-state index in [0.717, 1.165) is 18.7 Å². The lowest BCUT2D eigenvalue weighted by Gasteiger charge is -2.25. The van der Waals surface area contributed by atoms with E-state index in [9.17, 15) is 8.78 Å². The van der Waals surface area contributed by atoms with Gasteiger partial charge in [0.2, 0.25) is 0 Å². The second-order valence-corrected chi connectivity index (χ2v) is 6.23. The van der Waals surface area contributed by atoms with Gasteiger partial charge in [-0.1, -0.05) is 11.6 Å². The van der Waals surface area contributed by atoms with Gasteiger partial charge in [0.1, 0.15) is 17.9 Å². The van der Waals surface area contributed by atoms with Crippen molar-refractivity contribution in [3.8, 4) is 5.75 Å². The molecule has 0 spiro atoms. The topological polar surface area (TPSA) is 76.4 Å². The molecule has 26 heavy (non-hydrogen) atoms. The van der Waals surface area contributed by atoms with Gasteiger partial charge in [-0.2, -0.15) is 13.9 Å². The van der Waals surface area contributed by atoms with Crippen LogP contribution in [0.15, 0.2) is 29.5 Å². The van der Waals surface area contributed by atoms with Crippen LogP contribution in [-0.4, -0.2) is 40.4 Å². The number of nitrogens with one attached hydrogen (secondary N) is 2. The molecule has 0 saturated carbocycles. The van der Waals surface area contributed by atoms with Crippen LogP contribution in [0.5, 0.6) is 5.75 Å². The molecule has 0 saturated heterocycles. The van der Waals surface area contributed by atoms with E-state index in [1.54, 1.807) is 19.4 Å². The van der Waals surface area contributed by atoms with Crippen LogP contribution in [0.25, 0.3) is 0 Å². The highest BCUT2D eigenvalue weighted by molar-refractivity contribution is 6.30. The van der Waals surface area contributed by atoms with Crippen LogP contribution < -0.4 is 15.4 Å². The largest absolute Gasteiger partial charge is 0.434 e. The number of benzene rings is 1. The van der Waals surface area contributed by atoms with Crippen molar-refractivity contribution in [1.82, 2.24) is 25.4 Å². The lowest BCUT2D eigenvalue weighted by Crippen LogP contribution is -2.46. The summed E-state index contributed by atoms with van der Waals surface area (Å²) in [5, 5.41) is 11.0. The van der Waals surface area contributed by atoms with Crippen LogP contribution in [0.2, 0.25) is 5.02 Å². The number of nitrogens with zero attached hydrogens (tertiary/aromatic N) is 4. The Morgan fingerprint density at radius 2 is 2.35 bits per heavy atom. The van der Waals surface area contributed by atoms with E-state index in [2.05, 4.69) is 30.4 Å². The molecule has 1 unspecified atom stereocenters. The molecule has 7 nitrogen and oxygen atoms in total. The van der Waals surface area contributed by atoms with Crippen molar-refractivity contribution in [1.29, 1.82) is 0 Å². The highest BCUT2D eigenvalue weighted by Gasteiger charge is 2.20. The fourth-order valence-corrected chi connectivity index (χ4v) is 3.01. The zero-order chi connectivity index (χ0) is 18.5. The van der Waals surface area contributed by atoms with E-state index in [0.29, 0.717) is 23.1 Å². The van der Waals surface area contributed by atoms with Gasteiger partial charge in [0, 0.05) is 36.6 Å². The third-order valence-electron chi connectivity index (χ3n) is 4.05. The zero-order valence-electron chi connectivity index (χ0n) is 14.1. The van der Waals surface area contributed by atoms with Crippen molar-refractivity contribution in [3.63, 3.8) is 0 Å². The predicted octanol–water partition coefficient (Wildman–Crippen LogP) is 2.21. The smallest absolute Gasteiger partial charge is 0.387 e. The van der Waals surface area contributed by atoms with Crippen LogP contribution in [0, 0.1) is 0 Å². The lowest BCUT2D eigenvalue weighted by molar-refractivity contribution is -0.0504. The Bertz CT molecular complexity index is 782. The number of aryl methyl sites for hydroxylation is 1. The van der Waals surface area contributed by atoms with Crippen LogP contribution in [0.3, 0.4) is 0 Å². The van der Waals surface area contributed by atoms with E-state index < -0.39 is 6.61 Å². The molecule has 0 fully saturated rings. The van der Waals surface area contributed by atoms with Gasteiger partial charge in [0.15, 0.2) is 5.96 Å². The first-order chi connectivity index (χ1) is 12.5. The lowest BCUT2D eigenvalue weighted by atomic mass is 10.1. The monoisotopic (exact) mass is 384 g/mol. The van der Waals surface area contributed by atoms with Gasteiger partial charge in [0.25, 0.3) is 0 Å². The maximum atomic E-state index is 12.5. The zero-order valence-corrected chi connectivity index (χ0v) is 14.9. The van der Waals surface area contributed by atoms with E-state index in [-0.39, 0.29) is 18.3 Å². The summed E-state index contributed by atoms with van der Waals surface area (Å²) in [5.74, 6) is 1.61. The molecular formula is C16H19ClF2N6O. The van der Waals surface area contributed by atoms with Crippen molar-refractivity contribution in [3.05, 3.63) is 40.9 Å². The van der Waals surface area contributed by atoms with E-state index in [1.165, 1.54) is 12.1 Å². The van der Waals surface area contributed by atoms with Crippen LogP contribution in [0.1, 0.15) is 17.8 Å². The van der Waals surface area contributed by atoms with E-state index in [1.807, 2.05) is 4.68 Å². The summed E-state index contributed by atoms with van der Waals surface area (Å²) in [6.45, 7) is -1.97. The Hall–Kier alpha value is -2.42. The maximum Gasteiger partial charge on any atom is 0.387 e. The number of hydrogen-bond donors (Lipinski definition) is 2. The molecule has 1 atom stereocenters. The van der Waals surface area contributed by atoms with E-state index >= 15 is 0 Å². The summed E-state index contributed by atoms with van der Waals surface area (Å²) >= 11 is 5.96. The molecule has 10 heteroatoms. The summed E-state index contributed by atoms with van der Waals surface area (Å²) in [7, 11) is 1.65. The summed E-state index contributed by atoms with van der Waals surface area (Å²) in [4.78, 5) is 8.38. The minimum absolute atomic E-state index is 0.0808. The number of fused-ring (bicyclic) bond motifs is 1. The number of halogens is 3. The Morgan fingerprint density at radius 3 is 3.12 bits per heavy atom. The molecule has 1 aliphatic heterocycles. The first-order valence-electron chi connectivity index (χ1n) is 8.12. The summed E-state index contributed by atoms with van der Waals surface area (Å²) in [6, 6.07) is 4.66. The van der Waals surface area contributed by atoms with Gasteiger partial charge in [-0.3, -0.25) is 4.99 Å². The second kappa shape index (κ2) is 8.31. The summed E-state index contributed by atoms with van der Waals surface area (Å²) < 4.78 is 31.5. The second-order valence-electron chi connectivity index (χ2n) is 5.79. The number of guanidine groups is 1. The molecule has 0 bridgehead atoms. The highest BCUT2D eigenvalue weighted by Crippen LogP contribution is 2.24. The van der Waals surface area contributed by atoms with Crippen molar-refractivity contribution < 1.29 is 13.5 Å². The van der Waals surface area contributed by atoms with Crippen LogP contribution in [0.4, 0.5) is 8.78 Å². The van der Waals surface area contributed by atoms with E-state index in [4.69, 9.17) is 11.6 Å². The van der Waals surface area contributed by atoms with Crippen molar-refractivity contribution >= 4 is 17.6 Å². The Labute approximate surface area is 154 Å².